The number of fused-ring (bicyclic) bond motifs is 1. The first-order chi connectivity index (χ1) is 5.86. The molecule has 2 rings (SSSR count). The van der Waals surface area contributed by atoms with Crippen molar-refractivity contribution in [2.24, 2.45) is 5.73 Å². The fraction of sp³-hybridized carbons (Fsp3) is 0.375. The molecule has 0 aliphatic carbocycles. The predicted octanol–water partition coefficient (Wildman–Crippen LogP) is 1.42. The molecule has 2 aromatic heterocycles. The zero-order valence-corrected chi connectivity index (χ0v) is 7.77. The van der Waals surface area contributed by atoms with Gasteiger partial charge in [0, 0.05) is 18.1 Å². The molecule has 0 atom stereocenters. The third-order valence-electron chi connectivity index (χ3n) is 1.97. The fourth-order valence-electron chi connectivity index (χ4n) is 1.38. The predicted molar refractivity (Wildman–Crippen MR) is 50.3 cm³/mol. The van der Waals surface area contributed by atoms with Crippen LogP contribution in [0.15, 0.2) is 11.6 Å². The van der Waals surface area contributed by atoms with Gasteiger partial charge < -0.3 is 5.73 Å². The number of hydrogen-bond acceptors (Lipinski definition) is 3. The lowest BCUT2D eigenvalue weighted by atomic mass is 10.2. The number of hydrogen-bond donors (Lipinski definition) is 1. The highest BCUT2D eigenvalue weighted by atomic mass is 32.1. The average Bonchev–Trinajstić information content (AvgIpc) is 2.61. The quantitative estimate of drug-likeness (QED) is 0.761. The van der Waals surface area contributed by atoms with E-state index in [4.69, 9.17) is 5.73 Å². The summed E-state index contributed by atoms with van der Waals surface area (Å²) in [7, 11) is 0. The third-order valence-corrected chi connectivity index (χ3v) is 2.73. The largest absolute Gasteiger partial charge is 0.325 e. The van der Waals surface area contributed by atoms with E-state index in [-0.39, 0.29) is 0 Å². The van der Waals surface area contributed by atoms with Crippen molar-refractivity contribution in [2.45, 2.75) is 19.9 Å². The van der Waals surface area contributed by atoms with Crippen LogP contribution >= 0.6 is 11.3 Å². The maximum atomic E-state index is 5.64. The minimum absolute atomic E-state index is 0.571. The summed E-state index contributed by atoms with van der Waals surface area (Å²) in [4.78, 5) is 5.51. The van der Waals surface area contributed by atoms with Crippen LogP contribution in [0.1, 0.15) is 18.3 Å². The molecular weight excluding hydrogens is 170 g/mol. The van der Waals surface area contributed by atoms with E-state index in [1.54, 1.807) is 11.3 Å². The van der Waals surface area contributed by atoms with Crippen molar-refractivity contribution in [1.82, 2.24) is 9.38 Å². The van der Waals surface area contributed by atoms with Crippen LogP contribution in [0.5, 0.6) is 0 Å². The van der Waals surface area contributed by atoms with Crippen molar-refractivity contribution in [1.29, 1.82) is 0 Å². The smallest absolute Gasteiger partial charge is 0.194 e. The molecule has 0 amide bonds. The van der Waals surface area contributed by atoms with Gasteiger partial charge in [0.2, 0.25) is 0 Å². The summed E-state index contributed by atoms with van der Waals surface area (Å²) < 4.78 is 2.07. The number of imidazole rings is 1. The highest BCUT2D eigenvalue weighted by Gasteiger charge is 2.08. The maximum absolute atomic E-state index is 5.64. The minimum atomic E-state index is 0.571. The van der Waals surface area contributed by atoms with Gasteiger partial charge in [0.05, 0.1) is 11.4 Å². The Morgan fingerprint density at radius 1 is 1.67 bits per heavy atom. The Hall–Kier alpha value is -0.870. The Kier molecular flexibility index (Phi) is 1.86. The molecule has 4 heteroatoms. The van der Waals surface area contributed by atoms with Gasteiger partial charge in [-0.1, -0.05) is 6.92 Å². The highest BCUT2D eigenvalue weighted by molar-refractivity contribution is 7.15. The van der Waals surface area contributed by atoms with Gasteiger partial charge in [-0.25, -0.2) is 4.98 Å². The second-order valence-electron chi connectivity index (χ2n) is 2.62. The van der Waals surface area contributed by atoms with Crippen molar-refractivity contribution in [3.63, 3.8) is 0 Å². The summed E-state index contributed by atoms with van der Waals surface area (Å²) in [5.41, 5.74) is 7.92. The molecule has 0 unspecified atom stereocenters. The van der Waals surface area contributed by atoms with Crippen LogP contribution in [-0.2, 0) is 13.0 Å². The second kappa shape index (κ2) is 2.88. The molecule has 0 fully saturated rings. The molecule has 0 spiro atoms. The van der Waals surface area contributed by atoms with Gasteiger partial charge >= 0.3 is 0 Å². The molecule has 12 heavy (non-hydrogen) atoms. The number of aryl methyl sites for hydroxylation is 1. The van der Waals surface area contributed by atoms with E-state index >= 15 is 0 Å². The molecule has 2 heterocycles. The highest BCUT2D eigenvalue weighted by Crippen LogP contribution is 2.16. The molecule has 3 nitrogen and oxygen atoms in total. The average molecular weight is 181 g/mol. The van der Waals surface area contributed by atoms with Crippen LogP contribution in [0.3, 0.4) is 0 Å². The monoisotopic (exact) mass is 181 g/mol. The van der Waals surface area contributed by atoms with Crippen molar-refractivity contribution in [3.05, 3.63) is 23.0 Å². The maximum Gasteiger partial charge on any atom is 0.194 e. The van der Waals surface area contributed by atoms with Crippen molar-refractivity contribution >= 4 is 16.3 Å². The topological polar surface area (TPSA) is 43.3 Å². The van der Waals surface area contributed by atoms with E-state index in [2.05, 4.69) is 16.3 Å². The van der Waals surface area contributed by atoms with Crippen LogP contribution in [-0.4, -0.2) is 9.38 Å². The Morgan fingerprint density at radius 2 is 2.50 bits per heavy atom. The summed E-state index contributed by atoms with van der Waals surface area (Å²) in [6.07, 6.45) is 2.98. The number of nitrogens with two attached hydrogens (primary N) is 1. The lowest BCUT2D eigenvalue weighted by Gasteiger charge is -1.95. The van der Waals surface area contributed by atoms with E-state index in [0.717, 1.165) is 22.8 Å². The van der Waals surface area contributed by atoms with Crippen LogP contribution in [0.25, 0.3) is 4.96 Å². The van der Waals surface area contributed by atoms with Crippen molar-refractivity contribution in [2.75, 3.05) is 0 Å². The third kappa shape index (κ3) is 0.956. The van der Waals surface area contributed by atoms with Gasteiger partial charge in [-0.2, -0.15) is 0 Å². The Morgan fingerprint density at radius 3 is 3.17 bits per heavy atom. The van der Waals surface area contributed by atoms with Crippen LogP contribution in [0.2, 0.25) is 0 Å². The minimum Gasteiger partial charge on any atom is -0.325 e. The summed E-state index contributed by atoms with van der Waals surface area (Å²) >= 11 is 1.65. The molecule has 0 saturated heterocycles. The molecule has 0 saturated carbocycles. The van der Waals surface area contributed by atoms with E-state index in [1.807, 2.05) is 11.6 Å². The van der Waals surface area contributed by atoms with Gasteiger partial charge in [0.25, 0.3) is 0 Å². The molecule has 2 aromatic rings. The molecule has 0 aliphatic rings. The standard InChI is InChI=1S/C8H11N3S/c1-2-6-7(5-9)11-3-4-12-8(11)10-6/h3-4H,2,5,9H2,1H3. The molecule has 2 N–H and O–H groups in total. The number of aromatic nitrogens is 2. The van der Waals surface area contributed by atoms with E-state index in [0.29, 0.717) is 6.54 Å². The normalized spacial score (nSPS) is 11.2. The van der Waals surface area contributed by atoms with E-state index < -0.39 is 0 Å². The summed E-state index contributed by atoms with van der Waals surface area (Å²) in [6, 6.07) is 0. The van der Waals surface area contributed by atoms with Crippen LogP contribution < -0.4 is 5.73 Å². The molecule has 64 valence electrons. The number of nitrogens with zero attached hydrogens (tertiary/aromatic N) is 2. The van der Waals surface area contributed by atoms with Crippen molar-refractivity contribution in [3.8, 4) is 0 Å². The molecule has 0 aromatic carbocycles. The van der Waals surface area contributed by atoms with Crippen molar-refractivity contribution < 1.29 is 0 Å². The van der Waals surface area contributed by atoms with Crippen LogP contribution in [0, 0.1) is 0 Å². The van der Waals surface area contributed by atoms with Gasteiger partial charge in [-0.15, -0.1) is 11.3 Å². The fourth-order valence-corrected chi connectivity index (χ4v) is 2.13. The Labute approximate surface area is 74.8 Å². The van der Waals surface area contributed by atoms with Gasteiger partial charge in [-0.3, -0.25) is 4.40 Å². The Bertz CT molecular complexity index is 388. The lowest BCUT2D eigenvalue weighted by molar-refractivity contribution is 0.919. The Balaban J connectivity index is 2.70. The van der Waals surface area contributed by atoms with Gasteiger partial charge in [-0.05, 0) is 6.42 Å². The van der Waals surface area contributed by atoms with Crippen LogP contribution in [0.4, 0.5) is 0 Å². The first kappa shape index (κ1) is 7.76. The summed E-state index contributed by atoms with van der Waals surface area (Å²) in [5.74, 6) is 0. The van der Waals surface area contributed by atoms with Gasteiger partial charge in [0.15, 0.2) is 4.96 Å². The first-order valence-corrected chi connectivity index (χ1v) is 4.88. The summed E-state index contributed by atoms with van der Waals surface area (Å²) in [6.45, 7) is 2.67. The molecule has 0 bridgehead atoms. The SMILES string of the molecule is CCc1nc2sccn2c1CN. The zero-order chi connectivity index (χ0) is 8.55. The molecular formula is C8H11N3S. The number of rotatable bonds is 2. The summed E-state index contributed by atoms with van der Waals surface area (Å²) in [5, 5.41) is 2.03. The second-order valence-corrected chi connectivity index (χ2v) is 3.49. The van der Waals surface area contributed by atoms with E-state index in [1.165, 1.54) is 0 Å². The molecule has 0 aliphatic heterocycles. The number of thiazole rings is 1. The van der Waals surface area contributed by atoms with E-state index in [9.17, 15) is 0 Å². The van der Waals surface area contributed by atoms with Gasteiger partial charge in [0.1, 0.15) is 0 Å². The molecule has 0 radical (unpaired) electrons. The zero-order valence-electron chi connectivity index (χ0n) is 6.95. The lowest BCUT2D eigenvalue weighted by Crippen LogP contribution is -2.02. The first-order valence-electron chi connectivity index (χ1n) is 4.00.